The van der Waals surface area contributed by atoms with Gasteiger partial charge in [-0.25, -0.2) is 5.43 Å². The molecule has 0 aliphatic rings. The summed E-state index contributed by atoms with van der Waals surface area (Å²) < 4.78 is 37.3. The molecule has 0 radical (unpaired) electrons. The fraction of sp³-hybridized carbons (Fsp3) is 0.111. The Bertz CT molecular complexity index is 490. The van der Waals surface area contributed by atoms with Crippen molar-refractivity contribution < 1.29 is 13.2 Å². The minimum absolute atomic E-state index is 0.444. The average Bonchev–Trinajstić information content (AvgIpc) is 2.42. The standard InChI is InChI=1S/C9H7F3N2S/c10-9(11,12)13-14-5-8(15)6-3-1-2-4-7(6)14/h1-5,13,15H. The average molecular weight is 232 g/mol. The molecule has 2 rings (SSSR count). The Labute approximate surface area is 89.1 Å². The van der Waals surface area contributed by atoms with Crippen LogP contribution in [0.25, 0.3) is 10.9 Å². The molecule has 1 heterocycles. The van der Waals surface area contributed by atoms with Gasteiger partial charge in [0.05, 0.1) is 5.52 Å². The minimum atomic E-state index is -4.46. The first-order valence-electron chi connectivity index (χ1n) is 4.11. The molecule has 0 atom stereocenters. The molecule has 2 nitrogen and oxygen atoms in total. The van der Waals surface area contributed by atoms with Crippen molar-refractivity contribution in [2.24, 2.45) is 0 Å². The molecule has 80 valence electrons. The quantitative estimate of drug-likeness (QED) is 0.571. The van der Waals surface area contributed by atoms with Gasteiger partial charge in [-0.3, -0.25) is 4.68 Å². The van der Waals surface area contributed by atoms with Gasteiger partial charge in [0.25, 0.3) is 0 Å². The van der Waals surface area contributed by atoms with E-state index in [1.54, 1.807) is 24.3 Å². The maximum atomic E-state index is 12.1. The molecule has 1 aromatic heterocycles. The first-order valence-corrected chi connectivity index (χ1v) is 4.56. The van der Waals surface area contributed by atoms with E-state index in [1.807, 2.05) is 0 Å². The SMILES string of the molecule is FC(F)(F)Nn1cc(S)c2ccccc21. The van der Waals surface area contributed by atoms with Crippen LogP contribution in [0.4, 0.5) is 13.2 Å². The zero-order valence-electron chi connectivity index (χ0n) is 7.42. The zero-order valence-corrected chi connectivity index (χ0v) is 8.31. The number of thiol groups is 1. The molecule has 0 unspecified atom stereocenters. The number of rotatable bonds is 1. The van der Waals surface area contributed by atoms with Crippen molar-refractivity contribution in [3.8, 4) is 0 Å². The summed E-state index contributed by atoms with van der Waals surface area (Å²) in [5, 5.41) is 0.678. The molecule has 0 bridgehead atoms. The van der Waals surface area contributed by atoms with Crippen molar-refractivity contribution in [1.82, 2.24) is 4.68 Å². The fourth-order valence-electron chi connectivity index (χ4n) is 1.39. The van der Waals surface area contributed by atoms with Crippen molar-refractivity contribution in [2.45, 2.75) is 11.2 Å². The first kappa shape index (κ1) is 10.2. The highest BCUT2D eigenvalue weighted by atomic mass is 32.1. The molecule has 0 fully saturated rings. The highest BCUT2D eigenvalue weighted by molar-refractivity contribution is 7.80. The summed E-state index contributed by atoms with van der Waals surface area (Å²) in [5.74, 6) is 0. The lowest BCUT2D eigenvalue weighted by Gasteiger charge is -2.11. The zero-order chi connectivity index (χ0) is 11.1. The lowest BCUT2D eigenvalue weighted by Crippen LogP contribution is -2.29. The number of para-hydroxylation sites is 1. The van der Waals surface area contributed by atoms with Gasteiger partial charge in [0, 0.05) is 16.5 Å². The molecule has 15 heavy (non-hydrogen) atoms. The van der Waals surface area contributed by atoms with E-state index in [-0.39, 0.29) is 0 Å². The third kappa shape index (κ3) is 2.04. The molecule has 2 aromatic rings. The summed E-state index contributed by atoms with van der Waals surface area (Å²) in [4.78, 5) is 0.502. The van der Waals surface area contributed by atoms with E-state index in [9.17, 15) is 13.2 Å². The third-order valence-corrected chi connectivity index (χ3v) is 2.29. The maximum absolute atomic E-state index is 12.1. The monoisotopic (exact) mass is 232 g/mol. The number of nitrogens with one attached hydrogen (secondary N) is 1. The minimum Gasteiger partial charge on any atom is -0.259 e. The number of nitrogens with zero attached hydrogens (tertiary/aromatic N) is 1. The second-order valence-corrected chi connectivity index (χ2v) is 3.49. The van der Waals surface area contributed by atoms with Crippen molar-refractivity contribution in [1.29, 1.82) is 0 Å². The van der Waals surface area contributed by atoms with E-state index in [1.165, 1.54) is 11.6 Å². The first-order chi connectivity index (χ1) is 6.97. The molecule has 0 aliphatic carbocycles. The fourth-order valence-corrected chi connectivity index (χ4v) is 1.70. The van der Waals surface area contributed by atoms with Crippen LogP contribution in [-0.4, -0.2) is 11.0 Å². The van der Waals surface area contributed by atoms with Crippen LogP contribution in [0.2, 0.25) is 0 Å². The second kappa shape index (κ2) is 3.37. The number of benzene rings is 1. The van der Waals surface area contributed by atoms with Crippen LogP contribution in [0, 0.1) is 0 Å². The third-order valence-electron chi connectivity index (χ3n) is 1.94. The number of aromatic nitrogens is 1. The second-order valence-electron chi connectivity index (χ2n) is 3.01. The van der Waals surface area contributed by atoms with Gasteiger partial charge in [-0.2, -0.15) is 0 Å². The van der Waals surface area contributed by atoms with Crippen LogP contribution in [-0.2, 0) is 0 Å². The summed E-state index contributed by atoms with van der Waals surface area (Å²) in [5.41, 5.74) is 1.86. The van der Waals surface area contributed by atoms with Gasteiger partial charge in [0.1, 0.15) is 0 Å². The van der Waals surface area contributed by atoms with Crippen molar-refractivity contribution in [3.63, 3.8) is 0 Å². The van der Waals surface area contributed by atoms with Crippen LogP contribution < -0.4 is 5.43 Å². The molecule has 0 aliphatic heterocycles. The number of hydrogen-bond acceptors (Lipinski definition) is 2. The van der Waals surface area contributed by atoms with Gasteiger partial charge in [0.15, 0.2) is 0 Å². The van der Waals surface area contributed by atoms with E-state index < -0.39 is 6.30 Å². The van der Waals surface area contributed by atoms with Crippen LogP contribution >= 0.6 is 12.6 Å². The molecule has 0 saturated carbocycles. The lowest BCUT2D eigenvalue weighted by atomic mass is 10.2. The van der Waals surface area contributed by atoms with E-state index >= 15 is 0 Å². The summed E-state index contributed by atoms with van der Waals surface area (Å²) in [6.45, 7) is 0. The van der Waals surface area contributed by atoms with E-state index in [0.717, 1.165) is 4.68 Å². The van der Waals surface area contributed by atoms with Gasteiger partial charge in [-0.15, -0.1) is 25.8 Å². The predicted octanol–water partition coefficient (Wildman–Crippen LogP) is 2.99. The summed E-state index contributed by atoms with van der Waals surface area (Å²) in [7, 11) is 0. The molecular formula is C9H7F3N2S. The Morgan fingerprint density at radius 1 is 1.20 bits per heavy atom. The van der Waals surface area contributed by atoms with Crippen LogP contribution in [0.15, 0.2) is 35.4 Å². The van der Waals surface area contributed by atoms with E-state index in [4.69, 9.17) is 0 Å². The Kier molecular flexibility index (Phi) is 2.30. The number of fused-ring (bicyclic) bond motifs is 1. The van der Waals surface area contributed by atoms with Gasteiger partial charge in [-0.1, -0.05) is 18.2 Å². The number of halogens is 3. The summed E-state index contributed by atoms with van der Waals surface area (Å²) >= 11 is 4.09. The van der Waals surface area contributed by atoms with Gasteiger partial charge < -0.3 is 0 Å². The number of alkyl halides is 3. The van der Waals surface area contributed by atoms with Crippen LogP contribution in [0.1, 0.15) is 0 Å². The van der Waals surface area contributed by atoms with Crippen molar-refractivity contribution >= 4 is 23.5 Å². The molecule has 0 spiro atoms. The van der Waals surface area contributed by atoms with Gasteiger partial charge >= 0.3 is 6.30 Å². The normalized spacial score (nSPS) is 12.0. The molecule has 6 heteroatoms. The molecule has 1 aromatic carbocycles. The van der Waals surface area contributed by atoms with E-state index in [2.05, 4.69) is 12.6 Å². The van der Waals surface area contributed by atoms with Gasteiger partial charge in [-0.05, 0) is 6.07 Å². The summed E-state index contributed by atoms with van der Waals surface area (Å²) in [6, 6.07) is 6.73. The Morgan fingerprint density at radius 2 is 1.87 bits per heavy atom. The van der Waals surface area contributed by atoms with Crippen LogP contribution in [0.3, 0.4) is 0 Å². The Balaban J connectivity index is 2.53. The van der Waals surface area contributed by atoms with Crippen molar-refractivity contribution in [3.05, 3.63) is 30.5 Å². The highest BCUT2D eigenvalue weighted by Gasteiger charge is 2.28. The smallest absolute Gasteiger partial charge is 0.259 e. The largest absolute Gasteiger partial charge is 0.496 e. The molecule has 0 saturated heterocycles. The molecule has 1 N–H and O–H groups in total. The topological polar surface area (TPSA) is 17.0 Å². The van der Waals surface area contributed by atoms with E-state index in [0.29, 0.717) is 15.8 Å². The van der Waals surface area contributed by atoms with Gasteiger partial charge in [0.2, 0.25) is 0 Å². The Morgan fingerprint density at radius 3 is 2.53 bits per heavy atom. The molecule has 0 amide bonds. The maximum Gasteiger partial charge on any atom is 0.496 e. The lowest BCUT2D eigenvalue weighted by molar-refractivity contribution is -0.111. The Hall–Kier alpha value is -1.30. The van der Waals surface area contributed by atoms with Crippen LogP contribution in [0.5, 0.6) is 0 Å². The highest BCUT2D eigenvalue weighted by Crippen LogP contribution is 2.24. The predicted molar refractivity (Wildman–Crippen MR) is 54.6 cm³/mol. The number of hydrogen-bond donors (Lipinski definition) is 2. The van der Waals surface area contributed by atoms with Crippen molar-refractivity contribution in [2.75, 3.05) is 5.43 Å². The summed E-state index contributed by atoms with van der Waals surface area (Å²) in [6.07, 6.45) is -3.16. The molecular weight excluding hydrogens is 225 g/mol.